The molecule has 3 rings (SSSR count). The van der Waals surface area contributed by atoms with Crippen LogP contribution in [0.25, 0.3) is 0 Å². The molecule has 0 aromatic heterocycles. The Labute approximate surface area is 189 Å². The van der Waals surface area contributed by atoms with E-state index in [0.717, 1.165) is 5.70 Å². The third-order valence-electron chi connectivity index (χ3n) is 6.00. The number of rotatable bonds is 8. The van der Waals surface area contributed by atoms with Gasteiger partial charge in [0.25, 0.3) is 0 Å². The highest BCUT2D eigenvalue weighted by Crippen LogP contribution is 2.50. The first-order valence-electron chi connectivity index (χ1n) is 11.0. The van der Waals surface area contributed by atoms with Crippen molar-refractivity contribution in [2.45, 2.75) is 46.5 Å². The molecule has 0 saturated heterocycles. The van der Waals surface area contributed by atoms with Crippen molar-refractivity contribution in [2.24, 2.45) is 16.3 Å². The van der Waals surface area contributed by atoms with Gasteiger partial charge in [0.15, 0.2) is 17.3 Å². The molecule has 1 heterocycles. The molecule has 32 heavy (non-hydrogen) atoms. The Morgan fingerprint density at radius 1 is 1.16 bits per heavy atom. The molecule has 7 heteroatoms. The van der Waals surface area contributed by atoms with Crippen molar-refractivity contribution < 1.29 is 28.5 Å². The fourth-order valence-corrected chi connectivity index (χ4v) is 4.68. The van der Waals surface area contributed by atoms with Gasteiger partial charge in [0.05, 0.1) is 20.8 Å². The fraction of sp³-hybridized carbons (Fsp3) is 0.560. The highest BCUT2D eigenvalue weighted by molar-refractivity contribution is 6.09. The minimum Gasteiger partial charge on any atom is -0.493 e. The molecule has 7 nitrogen and oxygen atoms in total. The number of benzene rings is 1. The molecule has 0 bridgehead atoms. The van der Waals surface area contributed by atoms with Crippen LogP contribution in [0.2, 0.25) is 0 Å². The smallest absolute Gasteiger partial charge is 0.315 e. The summed E-state index contributed by atoms with van der Waals surface area (Å²) in [7, 11) is 3.12. The van der Waals surface area contributed by atoms with Crippen molar-refractivity contribution in [1.82, 2.24) is 0 Å². The zero-order valence-electron chi connectivity index (χ0n) is 19.8. The van der Waals surface area contributed by atoms with Crippen LogP contribution >= 0.6 is 0 Å². The molecule has 0 spiro atoms. The summed E-state index contributed by atoms with van der Waals surface area (Å²) in [6.45, 7) is 8.85. The number of hydrogen-bond acceptors (Lipinski definition) is 7. The Hall–Kier alpha value is -2.67. The van der Waals surface area contributed by atoms with Gasteiger partial charge >= 0.3 is 5.97 Å². The first kappa shape index (κ1) is 24.0. The van der Waals surface area contributed by atoms with Crippen molar-refractivity contribution in [2.75, 3.05) is 34.0 Å². The molecular formula is C25H33NO6. The molecule has 2 atom stereocenters. The molecular weight excluding hydrogens is 410 g/mol. The van der Waals surface area contributed by atoms with E-state index in [9.17, 15) is 9.59 Å². The summed E-state index contributed by atoms with van der Waals surface area (Å²) in [5, 5.41) is 0. The summed E-state index contributed by atoms with van der Waals surface area (Å²) in [6, 6.07) is 5.51. The maximum atomic E-state index is 13.4. The number of ketones is 1. The normalized spacial score (nSPS) is 22.2. The first-order chi connectivity index (χ1) is 15.2. The van der Waals surface area contributed by atoms with Crippen molar-refractivity contribution in [1.29, 1.82) is 0 Å². The Morgan fingerprint density at radius 3 is 2.56 bits per heavy atom. The van der Waals surface area contributed by atoms with Crippen LogP contribution in [0, 0.1) is 11.3 Å². The van der Waals surface area contributed by atoms with Gasteiger partial charge in [-0.2, -0.15) is 0 Å². The number of carbonyl (C=O) groups is 2. The van der Waals surface area contributed by atoms with Gasteiger partial charge in [0.2, 0.25) is 0 Å². The molecule has 0 saturated carbocycles. The molecule has 0 amide bonds. The van der Waals surface area contributed by atoms with E-state index in [1.807, 2.05) is 26.0 Å². The van der Waals surface area contributed by atoms with Crippen molar-refractivity contribution in [3.05, 3.63) is 35.0 Å². The van der Waals surface area contributed by atoms with Crippen LogP contribution in [0.4, 0.5) is 0 Å². The lowest BCUT2D eigenvalue weighted by Crippen LogP contribution is -2.40. The van der Waals surface area contributed by atoms with Crippen LogP contribution in [0.1, 0.15) is 52.0 Å². The largest absolute Gasteiger partial charge is 0.493 e. The highest BCUT2D eigenvalue weighted by Gasteiger charge is 2.47. The van der Waals surface area contributed by atoms with Crippen LogP contribution in [0.15, 0.2) is 34.5 Å². The number of methoxy groups -OCH3 is 2. The predicted octanol–water partition coefficient (Wildman–Crippen LogP) is 4.10. The lowest BCUT2D eigenvalue weighted by Gasteiger charge is -2.39. The number of para-hydroxylation sites is 1. The van der Waals surface area contributed by atoms with Gasteiger partial charge in [-0.3, -0.25) is 14.6 Å². The molecule has 2 aliphatic rings. The van der Waals surface area contributed by atoms with E-state index in [2.05, 4.69) is 13.8 Å². The van der Waals surface area contributed by atoms with E-state index in [-0.39, 0.29) is 17.8 Å². The molecule has 1 aromatic rings. The standard InChI is InChI=1S/C25H33NO6/c1-7-31-11-12-32-24(28)20-15(2)26-17-13-25(3,4)14-18(27)22(17)21(20)16-9-8-10-19(29-5)23(16)30-6/h8-10,20-21H,7,11-14H2,1-6H3/t20?,21-/m1/s1. The molecule has 1 aromatic carbocycles. The predicted molar refractivity (Wildman–Crippen MR) is 121 cm³/mol. The van der Waals surface area contributed by atoms with Gasteiger partial charge in [0.1, 0.15) is 12.5 Å². The van der Waals surface area contributed by atoms with Crippen molar-refractivity contribution >= 4 is 17.5 Å². The highest BCUT2D eigenvalue weighted by atomic mass is 16.6. The lowest BCUT2D eigenvalue weighted by atomic mass is 9.66. The van der Waals surface area contributed by atoms with Crippen molar-refractivity contribution in [3.8, 4) is 11.5 Å². The molecule has 0 radical (unpaired) electrons. The summed E-state index contributed by atoms with van der Waals surface area (Å²) in [6.07, 6.45) is 1.07. The molecule has 0 N–H and O–H groups in total. The van der Waals surface area contributed by atoms with Crippen LogP contribution in [-0.2, 0) is 19.1 Å². The molecule has 1 aliphatic carbocycles. The first-order valence-corrected chi connectivity index (χ1v) is 11.0. The van der Waals surface area contributed by atoms with E-state index in [0.29, 0.717) is 54.4 Å². The second-order valence-electron chi connectivity index (χ2n) is 8.96. The third kappa shape index (κ3) is 4.72. The number of esters is 1. The molecule has 0 fully saturated rings. The summed E-state index contributed by atoms with van der Waals surface area (Å²) in [4.78, 5) is 31.4. The maximum absolute atomic E-state index is 13.4. The lowest BCUT2D eigenvalue weighted by molar-refractivity contribution is -0.148. The van der Waals surface area contributed by atoms with Gasteiger partial charge in [-0.05, 0) is 31.7 Å². The summed E-state index contributed by atoms with van der Waals surface area (Å²) in [5.74, 6) is -0.664. The molecule has 1 unspecified atom stereocenters. The Morgan fingerprint density at radius 2 is 1.91 bits per heavy atom. The number of nitrogens with zero attached hydrogens (tertiary/aromatic N) is 1. The number of carbonyl (C=O) groups excluding carboxylic acids is 2. The SMILES string of the molecule is CCOCCOC(=O)C1C(C)=NC2=C(C(=O)CC(C)(C)C2)[C@@H]1c1cccc(OC)c1OC. The van der Waals surface area contributed by atoms with E-state index >= 15 is 0 Å². The van der Waals surface area contributed by atoms with Crippen LogP contribution in [-0.4, -0.2) is 51.5 Å². The van der Waals surface area contributed by atoms with E-state index in [1.54, 1.807) is 20.3 Å². The fourth-order valence-electron chi connectivity index (χ4n) is 4.68. The van der Waals surface area contributed by atoms with E-state index in [1.165, 1.54) is 0 Å². The topological polar surface area (TPSA) is 83.4 Å². The number of Topliss-reactive ketones (excluding diaryl/α,β-unsaturated/α-hetero) is 1. The quantitative estimate of drug-likeness (QED) is 0.444. The molecule has 1 aliphatic heterocycles. The zero-order valence-corrected chi connectivity index (χ0v) is 19.8. The van der Waals surface area contributed by atoms with Gasteiger partial charge in [-0.25, -0.2) is 0 Å². The number of hydrogen-bond donors (Lipinski definition) is 0. The maximum Gasteiger partial charge on any atom is 0.315 e. The van der Waals surface area contributed by atoms with Gasteiger partial charge in [-0.1, -0.05) is 26.0 Å². The average molecular weight is 444 g/mol. The third-order valence-corrected chi connectivity index (χ3v) is 6.00. The number of aliphatic imine (C=N–C) groups is 1. The Kier molecular flexibility index (Phi) is 7.39. The summed E-state index contributed by atoms with van der Waals surface area (Å²) < 4.78 is 22.0. The Bertz CT molecular complexity index is 946. The number of allylic oxidation sites excluding steroid dienone is 2. The minimum absolute atomic E-state index is 0.00879. The van der Waals surface area contributed by atoms with Crippen LogP contribution in [0.5, 0.6) is 11.5 Å². The monoisotopic (exact) mass is 443 g/mol. The average Bonchev–Trinajstić information content (AvgIpc) is 2.74. The molecule has 174 valence electrons. The zero-order chi connectivity index (χ0) is 23.5. The van der Waals surface area contributed by atoms with Crippen LogP contribution < -0.4 is 9.47 Å². The second-order valence-corrected chi connectivity index (χ2v) is 8.96. The van der Waals surface area contributed by atoms with Gasteiger partial charge < -0.3 is 18.9 Å². The van der Waals surface area contributed by atoms with Crippen LogP contribution in [0.3, 0.4) is 0 Å². The number of ether oxygens (including phenoxy) is 4. The Balaban J connectivity index is 2.12. The summed E-state index contributed by atoms with van der Waals surface area (Å²) >= 11 is 0. The minimum atomic E-state index is -0.735. The van der Waals surface area contributed by atoms with Gasteiger partial charge in [0, 0.05) is 41.5 Å². The summed E-state index contributed by atoms with van der Waals surface area (Å²) in [5.41, 5.74) is 2.48. The van der Waals surface area contributed by atoms with Crippen molar-refractivity contribution in [3.63, 3.8) is 0 Å². The van der Waals surface area contributed by atoms with E-state index in [4.69, 9.17) is 23.9 Å². The van der Waals surface area contributed by atoms with Gasteiger partial charge in [-0.15, -0.1) is 0 Å². The van der Waals surface area contributed by atoms with E-state index < -0.39 is 17.8 Å². The second kappa shape index (κ2) is 9.86.